The first-order valence-electron chi connectivity index (χ1n) is 8.30. The van der Waals surface area contributed by atoms with Crippen molar-refractivity contribution >= 4 is 40.6 Å². The number of nitrogens with one attached hydrogen (secondary N) is 1. The Labute approximate surface area is 161 Å². The molecule has 1 aliphatic heterocycles. The molecule has 0 aliphatic carbocycles. The minimum atomic E-state index is -0.910. The van der Waals surface area contributed by atoms with Crippen molar-refractivity contribution in [2.75, 3.05) is 6.61 Å². The SMILES string of the molecule is Cc1ccc(N=C2NC(=O)/C(=C\c3cccc(OCCC(=O)O)c3)S2)cc1. The number of amides is 1. The van der Waals surface area contributed by atoms with E-state index in [1.807, 2.05) is 37.3 Å². The smallest absolute Gasteiger partial charge is 0.306 e. The lowest BCUT2D eigenvalue weighted by molar-refractivity contribution is -0.137. The quantitative estimate of drug-likeness (QED) is 0.743. The number of aliphatic imine (C=N–C) groups is 1. The molecule has 2 aromatic rings. The summed E-state index contributed by atoms with van der Waals surface area (Å²) in [7, 11) is 0. The Morgan fingerprint density at radius 1 is 1.26 bits per heavy atom. The topological polar surface area (TPSA) is 88.0 Å². The largest absolute Gasteiger partial charge is 0.493 e. The van der Waals surface area contributed by atoms with Crippen LogP contribution in [0, 0.1) is 6.92 Å². The van der Waals surface area contributed by atoms with Gasteiger partial charge in [0.1, 0.15) is 5.75 Å². The van der Waals surface area contributed by atoms with Crippen molar-refractivity contribution < 1.29 is 19.4 Å². The number of thioether (sulfide) groups is 1. The highest BCUT2D eigenvalue weighted by Gasteiger charge is 2.23. The van der Waals surface area contributed by atoms with E-state index < -0.39 is 5.97 Å². The van der Waals surface area contributed by atoms with Crippen molar-refractivity contribution in [2.45, 2.75) is 13.3 Å². The van der Waals surface area contributed by atoms with Crippen LogP contribution in [0.4, 0.5) is 5.69 Å². The van der Waals surface area contributed by atoms with E-state index in [2.05, 4.69) is 10.3 Å². The van der Waals surface area contributed by atoms with Crippen molar-refractivity contribution in [3.05, 3.63) is 64.6 Å². The maximum Gasteiger partial charge on any atom is 0.306 e. The number of carbonyl (C=O) groups excluding carboxylic acids is 1. The second-order valence-electron chi connectivity index (χ2n) is 5.88. The maximum absolute atomic E-state index is 12.2. The van der Waals surface area contributed by atoms with Gasteiger partial charge in [-0.3, -0.25) is 9.59 Å². The molecular formula is C20H18N2O4S. The van der Waals surface area contributed by atoms with Gasteiger partial charge in [-0.2, -0.15) is 0 Å². The lowest BCUT2D eigenvalue weighted by Gasteiger charge is -2.05. The zero-order valence-electron chi connectivity index (χ0n) is 14.6. The van der Waals surface area contributed by atoms with Gasteiger partial charge in [0, 0.05) is 0 Å². The molecule has 0 atom stereocenters. The first kappa shape index (κ1) is 18.7. The molecule has 1 fully saturated rings. The second-order valence-corrected chi connectivity index (χ2v) is 6.91. The van der Waals surface area contributed by atoms with E-state index >= 15 is 0 Å². The van der Waals surface area contributed by atoms with Crippen LogP contribution < -0.4 is 10.1 Å². The number of carboxylic acid groups (broad SMARTS) is 1. The molecule has 138 valence electrons. The van der Waals surface area contributed by atoms with Crippen LogP contribution in [0.2, 0.25) is 0 Å². The monoisotopic (exact) mass is 382 g/mol. The van der Waals surface area contributed by atoms with Gasteiger partial charge in [0.15, 0.2) is 5.17 Å². The standard InChI is InChI=1S/C20H18N2O4S/c1-13-5-7-15(8-6-13)21-20-22-19(25)17(27-20)12-14-3-2-4-16(11-14)26-10-9-18(23)24/h2-8,11-12H,9-10H2,1H3,(H,23,24)(H,21,22,25)/b17-12+. The Morgan fingerprint density at radius 3 is 2.78 bits per heavy atom. The summed E-state index contributed by atoms with van der Waals surface area (Å²) in [6.07, 6.45) is 1.68. The van der Waals surface area contributed by atoms with E-state index in [0.717, 1.165) is 16.8 Å². The van der Waals surface area contributed by atoms with Crippen molar-refractivity contribution in [3.8, 4) is 5.75 Å². The Morgan fingerprint density at radius 2 is 2.04 bits per heavy atom. The molecule has 0 saturated carbocycles. The molecule has 0 bridgehead atoms. The van der Waals surface area contributed by atoms with Gasteiger partial charge in [0.2, 0.25) is 0 Å². The molecular weight excluding hydrogens is 364 g/mol. The third kappa shape index (κ3) is 5.46. The highest BCUT2D eigenvalue weighted by molar-refractivity contribution is 8.18. The number of benzene rings is 2. The molecule has 1 amide bonds. The number of rotatable bonds is 6. The Kier molecular flexibility index (Phi) is 5.93. The van der Waals surface area contributed by atoms with Crippen molar-refractivity contribution in [1.29, 1.82) is 0 Å². The second kappa shape index (κ2) is 8.55. The van der Waals surface area contributed by atoms with Gasteiger partial charge >= 0.3 is 5.97 Å². The summed E-state index contributed by atoms with van der Waals surface area (Å²) < 4.78 is 5.42. The highest BCUT2D eigenvalue weighted by atomic mass is 32.2. The van der Waals surface area contributed by atoms with Gasteiger partial charge in [0.05, 0.1) is 23.6 Å². The van der Waals surface area contributed by atoms with E-state index in [1.54, 1.807) is 24.3 Å². The fraction of sp³-hybridized carbons (Fsp3) is 0.150. The minimum absolute atomic E-state index is 0.0671. The molecule has 7 heteroatoms. The Balaban J connectivity index is 1.70. The first-order valence-corrected chi connectivity index (χ1v) is 9.12. The number of aryl methyl sites for hydroxylation is 1. The summed E-state index contributed by atoms with van der Waals surface area (Å²) in [5, 5.41) is 12.0. The van der Waals surface area contributed by atoms with E-state index in [4.69, 9.17) is 9.84 Å². The Bertz CT molecular complexity index is 920. The summed E-state index contributed by atoms with van der Waals surface area (Å²) >= 11 is 1.27. The van der Waals surface area contributed by atoms with Gasteiger partial charge in [-0.15, -0.1) is 0 Å². The van der Waals surface area contributed by atoms with Crippen LogP contribution in [-0.2, 0) is 9.59 Å². The van der Waals surface area contributed by atoms with E-state index in [1.165, 1.54) is 11.8 Å². The number of amidine groups is 1. The summed E-state index contributed by atoms with van der Waals surface area (Å²) in [6.45, 7) is 2.10. The van der Waals surface area contributed by atoms with Crippen molar-refractivity contribution in [3.63, 3.8) is 0 Å². The van der Waals surface area contributed by atoms with Crippen LogP contribution >= 0.6 is 11.8 Å². The number of aliphatic carboxylic acids is 1. The van der Waals surface area contributed by atoms with Crippen LogP contribution in [0.25, 0.3) is 6.08 Å². The van der Waals surface area contributed by atoms with Crippen molar-refractivity contribution in [2.24, 2.45) is 4.99 Å². The number of nitrogens with zero attached hydrogens (tertiary/aromatic N) is 1. The molecule has 27 heavy (non-hydrogen) atoms. The Hall–Kier alpha value is -3.06. The molecule has 3 rings (SSSR count). The lowest BCUT2D eigenvalue weighted by Crippen LogP contribution is -2.19. The van der Waals surface area contributed by atoms with Crippen LogP contribution in [0.15, 0.2) is 58.4 Å². The normalized spacial score (nSPS) is 16.6. The van der Waals surface area contributed by atoms with E-state index in [0.29, 0.717) is 15.8 Å². The van der Waals surface area contributed by atoms with Gasteiger partial charge in [-0.25, -0.2) is 4.99 Å². The van der Waals surface area contributed by atoms with Gasteiger partial charge in [-0.1, -0.05) is 29.8 Å². The summed E-state index contributed by atoms with van der Waals surface area (Å²) in [5.74, 6) is -0.557. The van der Waals surface area contributed by atoms with Gasteiger partial charge in [0.25, 0.3) is 5.91 Å². The zero-order chi connectivity index (χ0) is 19.2. The first-order chi connectivity index (χ1) is 13.0. The van der Waals surface area contributed by atoms with Crippen LogP contribution in [-0.4, -0.2) is 28.8 Å². The molecule has 1 saturated heterocycles. The summed E-state index contributed by atoms with van der Waals surface area (Å²) in [5.41, 5.74) is 2.71. The van der Waals surface area contributed by atoms with Crippen LogP contribution in [0.3, 0.4) is 0 Å². The number of ether oxygens (including phenoxy) is 1. The minimum Gasteiger partial charge on any atom is -0.493 e. The third-order valence-electron chi connectivity index (χ3n) is 3.66. The fourth-order valence-electron chi connectivity index (χ4n) is 2.32. The molecule has 0 radical (unpaired) electrons. The van der Waals surface area contributed by atoms with Crippen molar-refractivity contribution in [1.82, 2.24) is 5.32 Å². The maximum atomic E-state index is 12.2. The molecule has 2 N–H and O–H groups in total. The molecule has 1 aliphatic rings. The average Bonchev–Trinajstić information content (AvgIpc) is 2.96. The number of carbonyl (C=O) groups is 2. The molecule has 6 nitrogen and oxygen atoms in total. The lowest BCUT2D eigenvalue weighted by atomic mass is 10.2. The fourth-order valence-corrected chi connectivity index (χ4v) is 3.16. The summed E-state index contributed by atoms with van der Waals surface area (Å²) in [4.78, 5) is 27.7. The molecule has 0 aromatic heterocycles. The average molecular weight is 382 g/mol. The molecule has 2 aromatic carbocycles. The summed E-state index contributed by atoms with van der Waals surface area (Å²) in [6, 6.07) is 14.9. The van der Waals surface area contributed by atoms with Crippen LogP contribution in [0.1, 0.15) is 17.5 Å². The van der Waals surface area contributed by atoms with Crippen LogP contribution in [0.5, 0.6) is 5.75 Å². The van der Waals surface area contributed by atoms with Gasteiger partial charge in [-0.05, 0) is 54.6 Å². The molecule has 0 unspecified atom stereocenters. The zero-order valence-corrected chi connectivity index (χ0v) is 15.5. The predicted molar refractivity (Wildman–Crippen MR) is 106 cm³/mol. The number of hydrogen-bond acceptors (Lipinski definition) is 5. The number of hydrogen-bond donors (Lipinski definition) is 2. The van der Waals surface area contributed by atoms with E-state index in [-0.39, 0.29) is 18.9 Å². The highest BCUT2D eigenvalue weighted by Crippen LogP contribution is 2.28. The molecule has 0 spiro atoms. The third-order valence-corrected chi connectivity index (χ3v) is 4.57. The predicted octanol–water partition coefficient (Wildman–Crippen LogP) is 3.74. The molecule has 1 heterocycles. The van der Waals surface area contributed by atoms with Gasteiger partial charge < -0.3 is 15.2 Å². The van der Waals surface area contributed by atoms with E-state index in [9.17, 15) is 9.59 Å². The number of carboxylic acids is 1.